The highest BCUT2D eigenvalue weighted by atomic mass is 32.1. The molecule has 8 nitrogen and oxygen atoms in total. The maximum absolute atomic E-state index is 12.8. The molecule has 1 aliphatic rings. The summed E-state index contributed by atoms with van der Waals surface area (Å²) in [5, 5.41) is 12.5. The summed E-state index contributed by atoms with van der Waals surface area (Å²) in [4.78, 5) is 15.1. The monoisotopic (exact) mass is 420 g/mol. The zero-order chi connectivity index (χ0) is 20.6. The Kier molecular flexibility index (Phi) is 7.51. The molecule has 29 heavy (non-hydrogen) atoms. The van der Waals surface area contributed by atoms with E-state index in [1.165, 1.54) is 17.8 Å². The summed E-state index contributed by atoms with van der Waals surface area (Å²) < 4.78 is 17.1. The third-order valence-corrected chi connectivity index (χ3v) is 5.33. The van der Waals surface area contributed by atoms with Crippen molar-refractivity contribution < 1.29 is 19.0 Å². The molecule has 0 unspecified atom stereocenters. The first-order valence-corrected chi connectivity index (χ1v) is 10.9. The minimum atomic E-state index is -0.295. The summed E-state index contributed by atoms with van der Waals surface area (Å²) in [6.45, 7) is 8.99. The number of rotatable bonds is 9. The summed E-state index contributed by atoms with van der Waals surface area (Å²) in [6, 6.07) is 3.33. The van der Waals surface area contributed by atoms with E-state index < -0.39 is 0 Å². The van der Waals surface area contributed by atoms with Crippen LogP contribution in [0.4, 0.5) is 10.3 Å². The lowest BCUT2D eigenvalue weighted by molar-refractivity contribution is 0.102. The smallest absolute Gasteiger partial charge is 0.257 e. The minimum absolute atomic E-state index is 0.295. The maximum Gasteiger partial charge on any atom is 0.257 e. The van der Waals surface area contributed by atoms with Gasteiger partial charge in [-0.15, -0.1) is 10.2 Å². The van der Waals surface area contributed by atoms with Crippen molar-refractivity contribution in [2.45, 2.75) is 40.0 Å². The van der Waals surface area contributed by atoms with Crippen LogP contribution >= 0.6 is 11.3 Å². The Morgan fingerprint density at radius 2 is 1.62 bits per heavy atom. The third kappa shape index (κ3) is 5.29. The molecule has 2 heterocycles. The molecular weight excluding hydrogens is 392 g/mol. The number of anilines is 2. The van der Waals surface area contributed by atoms with Gasteiger partial charge in [0.25, 0.3) is 5.91 Å². The van der Waals surface area contributed by atoms with Gasteiger partial charge in [0.05, 0.1) is 19.8 Å². The van der Waals surface area contributed by atoms with Crippen molar-refractivity contribution in [3.05, 3.63) is 17.7 Å². The highest BCUT2D eigenvalue weighted by Crippen LogP contribution is 2.39. The Balaban J connectivity index is 1.80. The predicted octanol–water partition coefficient (Wildman–Crippen LogP) is 3.98. The lowest BCUT2D eigenvalue weighted by atomic mass is 10.1. The SMILES string of the molecule is CCOc1cc(C(=O)Nc2nnc(N3CCCCC3)s2)cc(OCC)c1OCC. The highest BCUT2D eigenvalue weighted by molar-refractivity contribution is 7.19. The second-order valence-electron chi connectivity index (χ2n) is 6.49. The van der Waals surface area contributed by atoms with Crippen LogP contribution in [-0.2, 0) is 0 Å². The molecular formula is C20H28N4O4S. The summed E-state index contributed by atoms with van der Waals surface area (Å²) in [5.41, 5.74) is 0.412. The van der Waals surface area contributed by atoms with Gasteiger partial charge in [-0.1, -0.05) is 11.3 Å². The third-order valence-electron chi connectivity index (χ3n) is 4.43. The molecule has 1 saturated heterocycles. The van der Waals surface area contributed by atoms with E-state index in [0.29, 0.717) is 47.8 Å². The van der Waals surface area contributed by atoms with Crippen LogP contribution in [0.15, 0.2) is 12.1 Å². The zero-order valence-corrected chi connectivity index (χ0v) is 18.0. The molecule has 1 N–H and O–H groups in total. The molecule has 0 saturated carbocycles. The first kappa shape index (κ1) is 21.2. The number of benzene rings is 1. The molecule has 1 aliphatic heterocycles. The molecule has 9 heteroatoms. The van der Waals surface area contributed by atoms with Crippen molar-refractivity contribution in [1.29, 1.82) is 0 Å². The summed E-state index contributed by atoms with van der Waals surface area (Å²) in [6.07, 6.45) is 3.57. The van der Waals surface area contributed by atoms with Gasteiger partial charge >= 0.3 is 0 Å². The lowest BCUT2D eigenvalue weighted by Gasteiger charge is -2.25. The van der Waals surface area contributed by atoms with Crippen molar-refractivity contribution in [2.75, 3.05) is 43.1 Å². The van der Waals surface area contributed by atoms with Crippen LogP contribution in [0.1, 0.15) is 50.4 Å². The molecule has 3 rings (SSSR count). The largest absolute Gasteiger partial charge is 0.490 e. The molecule has 158 valence electrons. The average molecular weight is 421 g/mol. The standard InChI is InChI=1S/C20H28N4O4S/c1-4-26-15-12-14(13-16(27-5-2)17(15)28-6-3)18(25)21-19-22-23-20(29-19)24-10-8-7-9-11-24/h12-13H,4-11H2,1-3H3,(H,21,22,25). The fourth-order valence-electron chi connectivity index (χ4n) is 3.17. The molecule has 2 aromatic rings. The van der Waals surface area contributed by atoms with E-state index in [4.69, 9.17) is 14.2 Å². The van der Waals surface area contributed by atoms with Crippen LogP contribution in [-0.4, -0.2) is 49.0 Å². The van der Waals surface area contributed by atoms with Crippen molar-refractivity contribution in [3.63, 3.8) is 0 Å². The number of hydrogen-bond acceptors (Lipinski definition) is 8. The van der Waals surface area contributed by atoms with Gasteiger partial charge < -0.3 is 19.1 Å². The number of hydrogen-bond donors (Lipinski definition) is 1. The van der Waals surface area contributed by atoms with E-state index in [1.807, 2.05) is 20.8 Å². The van der Waals surface area contributed by atoms with E-state index >= 15 is 0 Å². The number of amides is 1. The number of nitrogens with one attached hydrogen (secondary N) is 1. The molecule has 0 atom stereocenters. The number of carbonyl (C=O) groups is 1. The van der Waals surface area contributed by atoms with E-state index in [0.717, 1.165) is 31.1 Å². The second kappa shape index (κ2) is 10.3. The van der Waals surface area contributed by atoms with Crippen molar-refractivity contribution in [3.8, 4) is 17.2 Å². The van der Waals surface area contributed by atoms with Crippen LogP contribution in [0.5, 0.6) is 17.2 Å². The van der Waals surface area contributed by atoms with E-state index in [1.54, 1.807) is 12.1 Å². The minimum Gasteiger partial charge on any atom is -0.490 e. The number of nitrogens with zero attached hydrogens (tertiary/aromatic N) is 3. The first-order chi connectivity index (χ1) is 14.2. The summed E-state index contributed by atoms with van der Waals surface area (Å²) in [5.74, 6) is 1.18. The van der Waals surface area contributed by atoms with Crippen molar-refractivity contribution >= 4 is 27.5 Å². The molecule has 0 aliphatic carbocycles. The van der Waals surface area contributed by atoms with Crippen molar-refractivity contribution in [2.24, 2.45) is 0 Å². The van der Waals surface area contributed by atoms with Gasteiger partial charge in [0.1, 0.15) is 0 Å². The van der Waals surface area contributed by atoms with Gasteiger partial charge in [-0.3, -0.25) is 10.1 Å². The maximum atomic E-state index is 12.8. The van der Waals surface area contributed by atoms with Gasteiger partial charge in [0, 0.05) is 18.7 Å². The Bertz CT molecular complexity index is 794. The predicted molar refractivity (Wildman–Crippen MR) is 114 cm³/mol. The molecule has 0 radical (unpaired) electrons. The van der Waals surface area contributed by atoms with E-state index in [-0.39, 0.29) is 5.91 Å². The Hall–Kier alpha value is -2.55. The van der Waals surface area contributed by atoms with Crippen LogP contribution in [0.2, 0.25) is 0 Å². The fraction of sp³-hybridized carbons (Fsp3) is 0.550. The number of carbonyl (C=O) groups excluding carboxylic acids is 1. The number of aromatic nitrogens is 2. The Morgan fingerprint density at radius 1 is 1.00 bits per heavy atom. The first-order valence-electron chi connectivity index (χ1n) is 10.1. The average Bonchev–Trinajstić information content (AvgIpc) is 3.19. The molecule has 1 amide bonds. The second-order valence-corrected chi connectivity index (χ2v) is 7.45. The molecule has 0 bridgehead atoms. The van der Waals surface area contributed by atoms with Crippen LogP contribution in [0.3, 0.4) is 0 Å². The summed E-state index contributed by atoms with van der Waals surface area (Å²) in [7, 11) is 0. The molecule has 1 aromatic carbocycles. The molecule has 1 aromatic heterocycles. The molecule has 1 fully saturated rings. The fourth-order valence-corrected chi connectivity index (χ4v) is 3.96. The van der Waals surface area contributed by atoms with Gasteiger partial charge in [-0.25, -0.2) is 0 Å². The Labute approximate surface area is 175 Å². The number of piperidine rings is 1. The lowest BCUT2D eigenvalue weighted by Crippen LogP contribution is -2.29. The van der Waals surface area contributed by atoms with Crippen LogP contribution in [0.25, 0.3) is 0 Å². The quantitative estimate of drug-likeness (QED) is 0.657. The van der Waals surface area contributed by atoms with E-state index in [9.17, 15) is 4.79 Å². The van der Waals surface area contributed by atoms with Crippen molar-refractivity contribution in [1.82, 2.24) is 10.2 Å². The van der Waals surface area contributed by atoms with Gasteiger partial charge in [-0.05, 0) is 52.2 Å². The summed E-state index contributed by atoms with van der Waals surface area (Å²) >= 11 is 1.39. The highest BCUT2D eigenvalue weighted by Gasteiger charge is 2.20. The zero-order valence-electron chi connectivity index (χ0n) is 17.2. The Morgan fingerprint density at radius 3 is 2.21 bits per heavy atom. The van der Waals surface area contributed by atoms with E-state index in [2.05, 4.69) is 20.4 Å². The van der Waals surface area contributed by atoms with Gasteiger partial charge in [0.15, 0.2) is 11.5 Å². The topological polar surface area (TPSA) is 85.8 Å². The normalized spacial score (nSPS) is 13.8. The van der Waals surface area contributed by atoms with Gasteiger partial charge in [0.2, 0.25) is 16.0 Å². The molecule has 0 spiro atoms. The van der Waals surface area contributed by atoms with Crippen LogP contribution in [0, 0.1) is 0 Å². The van der Waals surface area contributed by atoms with Crippen LogP contribution < -0.4 is 24.4 Å². The number of ether oxygens (including phenoxy) is 3. The van der Waals surface area contributed by atoms with Gasteiger partial charge in [-0.2, -0.15) is 0 Å².